The van der Waals surface area contributed by atoms with Crippen LogP contribution in [0.3, 0.4) is 0 Å². The number of fused-ring (bicyclic) bond motifs is 2. The summed E-state index contributed by atoms with van der Waals surface area (Å²) < 4.78 is 20.8. The molecule has 0 spiro atoms. The van der Waals surface area contributed by atoms with E-state index in [1.165, 1.54) is 7.11 Å². The number of benzene rings is 3. The van der Waals surface area contributed by atoms with Gasteiger partial charge in [0.2, 0.25) is 0 Å². The van der Waals surface area contributed by atoms with Crippen molar-refractivity contribution in [2.24, 2.45) is 0 Å². The molecule has 0 radical (unpaired) electrons. The Kier molecular flexibility index (Phi) is 6.36. The first-order valence-corrected chi connectivity index (χ1v) is 12.3. The van der Waals surface area contributed by atoms with E-state index in [2.05, 4.69) is 15.6 Å². The molecule has 1 aliphatic rings. The Morgan fingerprint density at radius 3 is 2.64 bits per heavy atom. The monoisotopic (exact) mass is 489 g/mol. The lowest BCUT2D eigenvalue weighted by Gasteiger charge is -2.18. The number of aromatic amines is 1. The maximum absolute atomic E-state index is 15.4. The fourth-order valence-electron chi connectivity index (χ4n) is 5.15. The number of aromatic nitrogens is 1. The van der Waals surface area contributed by atoms with E-state index in [9.17, 15) is 10.2 Å². The van der Waals surface area contributed by atoms with Crippen LogP contribution in [0.4, 0.5) is 21.5 Å². The molecule has 36 heavy (non-hydrogen) atoms. The lowest BCUT2D eigenvalue weighted by Crippen LogP contribution is -2.15. The zero-order chi connectivity index (χ0) is 25.4. The Morgan fingerprint density at radius 2 is 1.86 bits per heavy atom. The largest absolute Gasteiger partial charge is 0.492 e. The van der Waals surface area contributed by atoms with Crippen molar-refractivity contribution in [2.45, 2.75) is 44.8 Å². The van der Waals surface area contributed by atoms with Gasteiger partial charge in [-0.25, -0.2) is 4.39 Å². The molecule has 1 heterocycles. The average Bonchev–Trinajstić information content (AvgIpc) is 3.44. The van der Waals surface area contributed by atoms with E-state index in [-0.39, 0.29) is 5.75 Å². The van der Waals surface area contributed by atoms with Gasteiger partial charge in [-0.15, -0.1) is 0 Å². The topological polar surface area (TPSA) is 89.5 Å². The molecule has 1 aromatic heterocycles. The molecule has 4 aromatic rings. The predicted molar refractivity (Wildman–Crippen MR) is 142 cm³/mol. The number of anilines is 3. The summed E-state index contributed by atoms with van der Waals surface area (Å²) in [5.41, 5.74) is 5.64. The second kappa shape index (κ2) is 9.48. The Balaban J connectivity index is 1.32. The number of methoxy groups -OCH3 is 1. The van der Waals surface area contributed by atoms with Crippen molar-refractivity contribution in [3.05, 3.63) is 82.8 Å². The Hall–Kier alpha value is -3.55. The fourth-order valence-corrected chi connectivity index (χ4v) is 5.15. The van der Waals surface area contributed by atoms with Gasteiger partial charge in [-0.3, -0.25) is 0 Å². The van der Waals surface area contributed by atoms with E-state index < -0.39 is 17.5 Å². The first-order chi connectivity index (χ1) is 17.3. The Bertz CT molecular complexity index is 1410. The van der Waals surface area contributed by atoms with Gasteiger partial charge in [-0.05, 0) is 68.0 Å². The minimum absolute atomic E-state index is 0.137. The van der Waals surface area contributed by atoms with Gasteiger partial charge in [0.1, 0.15) is 0 Å². The minimum Gasteiger partial charge on any atom is -0.492 e. The van der Waals surface area contributed by atoms with Crippen LogP contribution >= 0.6 is 0 Å². The van der Waals surface area contributed by atoms with Gasteiger partial charge in [0.15, 0.2) is 11.6 Å². The molecule has 1 unspecified atom stereocenters. The molecule has 0 amide bonds. The molecule has 5 rings (SSSR count). The summed E-state index contributed by atoms with van der Waals surface area (Å²) in [6.45, 7) is 4.07. The number of ether oxygens (including phenoxy) is 1. The molecule has 6 nitrogen and oxygen atoms in total. The first-order valence-electron chi connectivity index (χ1n) is 12.3. The Labute approximate surface area is 210 Å². The highest BCUT2D eigenvalue weighted by Crippen LogP contribution is 2.40. The number of halogens is 1. The minimum atomic E-state index is -0.949. The second-order valence-corrected chi connectivity index (χ2v) is 9.84. The molecule has 7 heteroatoms. The van der Waals surface area contributed by atoms with Crippen molar-refractivity contribution < 1.29 is 19.3 Å². The van der Waals surface area contributed by atoms with Crippen LogP contribution in [0.1, 0.15) is 48.6 Å². The van der Waals surface area contributed by atoms with Crippen LogP contribution in [0.25, 0.3) is 10.9 Å². The van der Waals surface area contributed by atoms with Crippen LogP contribution < -0.4 is 15.4 Å². The average molecular weight is 490 g/mol. The van der Waals surface area contributed by atoms with Crippen molar-refractivity contribution >= 4 is 28.0 Å². The highest BCUT2D eigenvalue weighted by Gasteiger charge is 2.24. The van der Waals surface area contributed by atoms with E-state index >= 15 is 4.39 Å². The number of rotatable bonds is 8. The Morgan fingerprint density at radius 1 is 1.08 bits per heavy atom. The van der Waals surface area contributed by atoms with Crippen LogP contribution in [0.15, 0.2) is 54.7 Å². The van der Waals surface area contributed by atoms with Gasteiger partial charge in [-0.1, -0.05) is 30.3 Å². The molecular weight excluding hydrogens is 457 g/mol. The van der Waals surface area contributed by atoms with E-state index in [1.54, 1.807) is 26.0 Å². The standard InChI is InChI=1S/C29H32FN3O3/c1-29(2,35)21-8-4-6-18-17(16-32-27(18)21)14-15-31-23-11-12-24(28(36-3)26(23)30)33-22-9-5-7-20-19(22)10-13-25(20)34/h4-9,11-12,16,25,31-35H,10,13-15H2,1-3H3. The van der Waals surface area contributed by atoms with Crippen molar-refractivity contribution in [1.29, 1.82) is 0 Å². The highest BCUT2D eigenvalue weighted by atomic mass is 19.1. The molecular formula is C29H32FN3O3. The molecule has 0 fully saturated rings. The highest BCUT2D eigenvalue weighted by molar-refractivity contribution is 5.86. The summed E-state index contributed by atoms with van der Waals surface area (Å²) in [7, 11) is 1.46. The number of nitrogens with one attached hydrogen (secondary N) is 3. The van der Waals surface area contributed by atoms with Crippen LogP contribution in [-0.4, -0.2) is 28.9 Å². The zero-order valence-corrected chi connectivity index (χ0v) is 20.8. The molecule has 1 aliphatic carbocycles. The summed E-state index contributed by atoms with van der Waals surface area (Å²) in [6.07, 6.45) is 3.63. The van der Waals surface area contributed by atoms with Crippen molar-refractivity contribution in [1.82, 2.24) is 4.98 Å². The van der Waals surface area contributed by atoms with Crippen LogP contribution in [-0.2, 0) is 18.4 Å². The quantitative estimate of drug-likeness (QED) is 0.212. The molecule has 188 valence electrons. The summed E-state index contributed by atoms with van der Waals surface area (Å²) in [5.74, 6) is -0.323. The predicted octanol–water partition coefficient (Wildman–Crippen LogP) is 5.92. The molecule has 1 atom stereocenters. The van der Waals surface area contributed by atoms with Crippen LogP contribution in [0, 0.1) is 5.82 Å². The third kappa shape index (κ3) is 4.40. The van der Waals surface area contributed by atoms with E-state index in [0.29, 0.717) is 30.8 Å². The third-order valence-corrected chi connectivity index (χ3v) is 6.98. The molecule has 0 saturated carbocycles. The van der Waals surface area contributed by atoms with Crippen molar-refractivity contribution in [2.75, 3.05) is 24.3 Å². The van der Waals surface area contributed by atoms with Crippen LogP contribution in [0.5, 0.6) is 5.75 Å². The van der Waals surface area contributed by atoms with Crippen LogP contribution in [0.2, 0.25) is 0 Å². The molecule has 0 aliphatic heterocycles. The number of hydrogen-bond donors (Lipinski definition) is 5. The summed E-state index contributed by atoms with van der Waals surface area (Å²) in [5, 5.41) is 28.2. The fraction of sp³-hybridized carbons (Fsp3) is 0.310. The smallest absolute Gasteiger partial charge is 0.190 e. The SMILES string of the molecule is COc1c(Nc2cccc3c2CCC3O)ccc(NCCc2c[nH]c3c(C(C)(C)O)cccc23)c1F. The maximum atomic E-state index is 15.4. The normalized spacial score (nSPS) is 15.2. The zero-order valence-electron chi connectivity index (χ0n) is 20.8. The number of aliphatic hydroxyl groups excluding tert-OH is 1. The number of hydrogen-bond acceptors (Lipinski definition) is 5. The number of H-pyrrole nitrogens is 1. The molecule has 3 aromatic carbocycles. The van der Waals surface area contributed by atoms with Gasteiger partial charge < -0.3 is 30.6 Å². The lowest BCUT2D eigenvalue weighted by molar-refractivity contribution is 0.0800. The number of para-hydroxylation sites is 1. The van der Waals surface area contributed by atoms with Crippen molar-refractivity contribution in [3.63, 3.8) is 0 Å². The third-order valence-electron chi connectivity index (χ3n) is 6.98. The summed E-state index contributed by atoms with van der Waals surface area (Å²) >= 11 is 0. The summed E-state index contributed by atoms with van der Waals surface area (Å²) in [6, 6.07) is 15.2. The number of aliphatic hydroxyl groups is 2. The molecule has 0 bridgehead atoms. The van der Waals surface area contributed by atoms with Gasteiger partial charge in [0.25, 0.3) is 0 Å². The first kappa shape index (κ1) is 24.2. The summed E-state index contributed by atoms with van der Waals surface area (Å²) in [4.78, 5) is 3.29. The van der Waals surface area contributed by atoms with E-state index in [0.717, 1.165) is 45.3 Å². The van der Waals surface area contributed by atoms with Gasteiger partial charge in [0, 0.05) is 29.4 Å². The van der Waals surface area contributed by atoms with Gasteiger partial charge in [0.05, 0.1) is 35.7 Å². The van der Waals surface area contributed by atoms with E-state index in [4.69, 9.17) is 4.74 Å². The van der Waals surface area contributed by atoms with Gasteiger partial charge >= 0.3 is 0 Å². The molecule has 5 N–H and O–H groups in total. The lowest BCUT2D eigenvalue weighted by atomic mass is 9.95. The maximum Gasteiger partial charge on any atom is 0.190 e. The van der Waals surface area contributed by atoms with Crippen molar-refractivity contribution in [3.8, 4) is 5.75 Å². The molecule has 0 saturated heterocycles. The van der Waals surface area contributed by atoms with Gasteiger partial charge in [-0.2, -0.15) is 0 Å². The second-order valence-electron chi connectivity index (χ2n) is 9.84. The van der Waals surface area contributed by atoms with E-state index in [1.807, 2.05) is 42.6 Å².